The van der Waals surface area contributed by atoms with Crippen molar-refractivity contribution in [3.05, 3.63) is 72.9 Å². The Morgan fingerprint density at radius 2 is 0.766 bits per heavy atom. The van der Waals surface area contributed by atoms with Crippen LogP contribution in [-0.2, 0) is 18.4 Å². The van der Waals surface area contributed by atoms with Crippen molar-refractivity contribution in [2.24, 2.45) is 0 Å². The molecule has 0 aromatic heterocycles. The van der Waals surface area contributed by atoms with Crippen LogP contribution in [0.25, 0.3) is 0 Å². The molecule has 2 N–H and O–H groups in total. The lowest BCUT2D eigenvalue weighted by Gasteiger charge is -2.29. The second kappa shape index (κ2) is 58.6. The number of carbonyl (C=O) groups excluding carboxylic acids is 1. The van der Waals surface area contributed by atoms with Crippen LogP contribution < -0.4 is 10.2 Å². The van der Waals surface area contributed by atoms with Crippen molar-refractivity contribution in [1.82, 2.24) is 5.32 Å². The van der Waals surface area contributed by atoms with Crippen molar-refractivity contribution in [2.75, 3.05) is 40.9 Å². The molecule has 450 valence electrons. The molecule has 0 heterocycles. The van der Waals surface area contributed by atoms with Crippen molar-refractivity contribution in [3.8, 4) is 0 Å². The number of unbranched alkanes of at least 4 members (excludes halogenated alkanes) is 37. The molecule has 0 aliphatic rings. The Morgan fingerprint density at radius 1 is 0.455 bits per heavy atom. The highest BCUT2D eigenvalue weighted by Gasteiger charge is 2.23. The summed E-state index contributed by atoms with van der Waals surface area (Å²) in [5.74, 6) is -0.210. The summed E-state index contributed by atoms with van der Waals surface area (Å²) in [4.78, 5) is 25.6. The number of rotatable bonds is 60. The highest BCUT2D eigenvalue weighted by molar-refractivity contribution is 7.45. The van der Waals surface area contributed by atoms with Crippen LogP contribution in [0.4, 0.5) is 0 Å². The molecule has 0 aliphatic carbocycles. The molecular formula is C68H127N2O6P. The molecule has 0 saturated heterocycles. The molecule has 0 spiro atoms. The van der Waals surface area contributed by atoms with Crippen LogP contribution in [0.2, 0.25) is 0 Å². The fraction of sp³-hybridized carbons (Fsp3) is 0.809. The van der Waals surface area contributed by atoms with Gasteiger partial charge in [-0.1, -0.05) is 286 Å². The van der Waals surface area contributed by atoms with E-state index >= 15 is 0 Å². The summed E-state index contributed by atoms with van der Waals surface area (Å²) in [7, 11) is 1.24. The van der Waals surface area contributed by atoms with Gasteiger partial charge >= 0.3 is 0 Å². The van der Waals surface area contributed by atoms with Gasteiger partial charge in [0, 0.05) is 6.42 Å². The number of phosphoric acid groups is 1. The molecule has 0 radical (unpaired) electrons. The van der Waals surface area contributed by atoms with Crippen LogP contribution in [-0.4, -0.2) is 68.5 Å². The van der Waals surface area contributed by atoms with Gasteiger partial charge in [0.05, 0.1) is 39.9 Å². The second-order valence-electron chi connectivity index (χ2n) is 23.4. The quantitative estimate of drug-likeness (QED) is 0.0272. The molecule has 0 saturated carbocycles. The molecule has 0 aromatic carbocycles. The number of phosphoric ester groups is 1. The Kier molecular flexibility index (Phi) is 57.0. The van der Waals surface area contributed by atoms with Gasteiger partial charge in [-0.3, -0.25) is 9.36 Å². The van der Waals surface area contributed by atoms with Gasteiger partial charge in [-0.15, -0.1) is 0 Å². The number of aliphatic hydroxyl groups is 1. The summed E-state index contributed by atoms with van der Waals surface area (Å²) in [5.41, 5.74) is 0. The minimum Gasteiger partial charge on any atom is -0.756 e. The van der Waals surface area contributed by atoms with Crippen LogP contribution in [0.15, 0.2) is 72.9 Å². The Bertz CT molecular complexity index is 1480. The molecule has 0 aromatic rings. The molecule has 0 bridgehead atoms. The molecule has 3 atom stereocenters. The van der Waals surface area contributed by atoms with Gasteiger partial charge in [0.15, 0.2) is 0 Å². The molecule has 0 rings (SSSR count). The summed E-state index contributed by atoms with van der Waals surface area (Å²) < 4.78 is 23.4. The smallest absolute Gasteiger partial charge is 0.268 e. The minimum absolute atomic E-state index is 0.0104. The monoisotopic (exact) mass is 1100 g/mol. The molecule has 1 amide bonds. The third-order valence-electron chi connectivity index (χ3n) is 14.6. The van der Waals surface area contributed by atoms with Crippen molar-refractivity contribution >= 4 is 13.7 Å². The summed E-state index contributed by atoms with van der Waals surface area (Å²) >= 11 is 0. The number of nitrogens with one attached hydrogen (secondary N) is 1. The number of nitrogens with zero attached hydrogens (tertiary/aromatic N) is 1. The fourth-order valence-electron chi connectivity index (χ4n) is 9.49. The predicted octanol–water partition coefficient (Wildman–Crippen LogP) is 20.0. The predicted molar refractivity (Wildman–Crippen MR) is 334 cm³/mol. The maximum absolute atomic E-state index is 13.0. The number of allylic oxidation sites excluding steroid dienone is 11. The first-order valence-electron chi connectivity index (χ1n) is 32.8. The van der Waals surface area contributed by atoms with Gasteiger partial charge < -0.3 is 28.8 Å². The number of hydrogen-bond acceptors (Lipinski definition) is 6. The van der Waals surface area contributed by atoms with Gasteiger partial charge in [-0.05, 0) is 83.5 Å². The number of amides is 1. The zero-order valence-electron chi connectivity index (χ0n) is 51.4. The molecule has 8 nitrogen and oxygen atoms in total. The van der Waals surface area contributed by atoms with Gasteiger partial charge in [0.1, 0.15) is 13.2 Å². The van der Waals surface area contributed by atoms with Crippen molar-refractivity contribution in [3.63, 3.8) is 0 Å². The van der Waals surface area contributed by atoms with Crippen LogP contribution in [0.5, 0.6) is 0 Å². The first kappa shape index (κ1) is 74.9. The first-order valence-corrected chi connectivity index (χ1v) is 34.3. The Balaban J connectivity index is 4.16. The third kappa shape index (κ3) is 61.4. The first-order chi connectivity index (χ1) is 37.5. The van der Waals surface area contributed by atoms with E-state index < -0.39 is 26.6 Å². The number of carbonyl (C=O) groups is 1. The standard InChI is InChI=1S/C68H127N2O6P/c1-6-8-10-12-14-16-18-20-22-24-26-28-30-32-33-34-35-36-37-38-40-42-44-46-48-50-52-54-56-58-60-62-68(72)69-66(65-76-77(73,74)75-64-63-70(3,4)5)67(71)61-59-57-55-53-51-49-47-45-43-41-39-31-29-27-25-23-21-19-17-15-13-11-9-7-2/h18,20,24,26,30,32,43,45,51,53,59,61,66-67,71H,6-17,19,21-23,25,27-29,31,33-42,44,46-50,52,54-58,60,62-65H2,1-5H3,(H-,69,72,73,74)/b20-18-,26-24-,32-30-,45-43+,53-51+,61-59+. The SMILES string of the molecule is CCCCCCC/C=C\C/C=C\C/C=C\CCCCCCCCCCCCCCCCCCC(=O)NC(COP(=O)([O-])OCC[N+](C)(C)C)C(O)/C=C/CC/C=C/CC/C=C/CCCCCCCCCCCCCCCC. The van der Waals surface area contributed by atoms with Gasteiger partial charge in [0.2, 0.25) is 5.91 Å². The molecule has 77 heavy (non-hydrogen) atoms. The van der Waals surface area contributed by atoms with Gasteiger partial charge in [0.25, 0.3) is 7.82 Å². The average Bonchev–Trinajstić information content (AvgIpc) is 3.39. The lowest BCUT2D eigenvalue weighted by Crippen LogP contribution is -2.45. The summed E-state index contributed by atoms with van der Waals surface area (Å²) in [6.45, 7) is 4.64. The van der Waals surface area contributed by atoms with Gasteiger partial charge in [-0.2, -0.15) is 0 Å². The largest absolute Gasteiger partial charge is 0.756 e. The number of hydrogen-bond donors (Lipinski definition) is 2. The van der Waals surface area contributed by atoms with Crippen LogP contribution >= 0.6 is 7.82 Å². The molecule has 0 fully saturated rings. The maximum Gasteiger partial charge on any atom is 0.268 e. The number of quaternary nitrogens is 1. The lowest BCUT2D eigenvalue weighted by molar-refractivity contribution is -0.870. The van der Waals surface area contributed by atoms with E-state index in [9.17, 15) is 19.4 Å². The molecule has 0 aliphatic heterocycles. The van der Waals surface area contributed by atoms with Gasteiger partial charge in [-0.25, -0.2) is 0 Å². The lowest BCUT2D eigenvalue weighted by atomic mass is 10.0. The molecular weight excluding hydrogens is 972 g/mol. The highest BCUT2D eigenvalue weighted by atomic mass is 31.2. The van der Waals surface area contributed by atoms with Crippen molar-refractivity contribution < 1.29 is 32.9 Å². The van der Waals surface area contributed by atoms with E-state index in [1.54, 1.807) is 6.08 Å². The van der Waals surface area contributed by atoms with E-state index in [4.69, 9.17) is 9.05 Å². The van der Waals surface area contributed by atoms with E-state index in [0.29, 0.717) is 17.4 Å². The maximum atomic E-state index is 13.0. The summed E-state index contributed by atoms with van der Waals surface area (Å²) in [5, 5.41) is 13.9. The second-order valence-corrected chi connectivity index (χ2v) is 24.9. The Labute approximate surface area is 478 Å². The van der Waals surface area contributed by atoms with Crippen LogP contribution in [0.3, 0.4) is 0 Å². The minimum atomic E-state index is -4.62. The topological polar surface area (TPSA) is 108 Å². The Morgan fingerprint density at radius 3 is 1.14 bits per heavy atom. The highest BCUT2D eigenvalue weighted by Crippen LogP contribution is 2.38. The third-order valence-corrected chi connectivity index (χ3v) is 15.6. The zero-order valence-corrected chi connectivity index (χ0v) is 52.3. The van der Waals surface area contributed by atoms with Crippen LogP contribution in [0.1, 0.15) is 303 Å². The van der Waals surface area contributed by atoms with E-state index in [0.717, 1.165) is 57.8 Å². The van der Waals surface area contributed by atoms with E-state index in [1.807, 2.05) is 27.2 Å². The normalized spacial score (nSPS) is 14.2. The van der Waals surface area contributed by atoms with Crippen LogP contribution in [0, 0.1) is 0 Å². The average molecular weight is 1100 g/mol. The Hall–Kier alpha value is -2.06. The van der Waals surface area contributed by atoms with Crippen molar-refractivity contribution in [2.45, 2.75) is 315 Å². The zero-order chi connectivity index (χ0) is 56.3. The molecule has 9 heteroatoms. The van der Waals surface area contributed by atoms with E-state index in [1.165, 1.54) is 225 Å². The summed E-state index contributed by atoms with van der Waals surface area (Å²) in [6.07, 6.45) is 81.5. The summed E-state index contributed by atoms with van der Waals surface area (Å²) in [6, 6.07) is -0.914. The molecule has 3 unspecified atom stereocenters. The number of likely N-dealkylation sites (N-methyl/N-ethyl adjacent to an activating group) is 1. The number of aliphatic hydroxyl groups excluding tert-OH is 1. The van der Waals surface area contributed by atoms with E-state index in [2.05, 4.69) is 79.9 Å². The van der Waals surface area contributed by atoms with Crippen molar-refractivity contribution in [1.29, 1.82) is 0 Å². The van der Waals surface area contributed by atoms with E-state index in [-0.39, 0.29) is 12.5 Å². The fourth-order valence-corrected chi connectivity index (χ4v) is 10.2.